The van der Waals surface area contributed by atoms with Gasteiger partial charge in [-0.25, -0.2) is 10.0 Å². The fourth-order valence-corrected chi connectivity index (χ4v) is 3.77. The topological polar surface area (TPSA) is 61.5 Å². The summed E-state index contributed by atoms with van der Waals surface area (Å²) in [6, 6.07) is 14.2. The van der Waals surface area contributed by atoms with Crippen LogP contribution in [0.5, 0.6) is 11.5 Å². The number of hydrogen-bond donors (Lipinski definition) is 0. The van der Waals surface area contributed by atoms with Crippen LogP contribution in [-0.4, -0.2) is 52.3 Å². The maximum atomic E-state index is 5.95. The molecule has 3 aromatic rings. The smallest absolute Gasteiger partial charge is 0.159 e. The van der Waals surface area contributed by atoms with E-state index in [4.69, 9.17) is 14.5 Å². The minimum atomic E-state index is -0.709. The summed E-state index contributed by atoms with van der Waals surface area (Å²) in [4.78, 5) is 4.88. The highest BCUT2D eigenvalue weighted by atomic mass is 32.3. The van der Waals surface area contributed by atoms with E-state index < -0.39 is 10.0 Å². The summed E-state index contributed by atoms with van der Waals surface area (Å²) in [6.45, 7) is 2.43. The first-order valence-corrected chi connectivity index (χ1v) is 12.4. The molecule has 0 bridgehead atoms. The first-order chi connectivity index (χ1) is 13.9. The number of methoxy groups -OCH3 is 1. The van der Waals surface area contributed by atoms with Gasteiger partial charge in [-0.2, -0.15) is 0 Å². The lowest BCUT2D eigenvalue weighted by Gasteiger charge is -2.25. The number of hydrogen-bond acceptors (Lipinski definition) is 5. The van der Waals surface area contributed by atoms with E-state index >= 15 is 0 Å². The molecule has 0 atom stereocenters. The summed E-state index contributed by atoms with van der Waals surface area (Å²) in [7, 11) is 0.965. The van der Waals surface area contributed by atoms with Gasteiger partial charge in [0.25, 0.3) is 0 Å². The third-order valence-electron chi connectivity index (χ3n) is 4.68. The number of rotatable bonds is 5. The van der Waals surface area contributed by atoms with Crippen molar-refractivity contribution in [1.29, 1.82) is 0 Å². The van der Waals surface area contributed by atoms with Gasteiger partial charge in [-0.15, -0.1) is 10.2 Å². The van der Waals surface area contributed by atoms with Gasteiger partial charge in [0.1, 0.15) is 29.8 Å². The monoisotopic (exact) mass is 410 g/mol. The van der Waals surface area contributed by atoms with E-state index in [0.717, 1.165) is 51.6 Å². The van der Waals surface area contributed by atoms with Gasteiger partial charge in [0.05, 0.1) is 18.5 Å². The van der Waals surface area contributed by atoms with Crippen molar-refractivity contribution < 1.29 is 9.47 Å². The molecule has 0 unspecified atom stereocenters. The molecular weight excluding hydrogens is 384 g/mol. The zero-order valence-electron chi connectivity index (χ0n) is 17.5. The van der Waals surface area contributed by atoms with Crippen LogP contribution in [0.1, 0.15) is 22.8 Å². The van der Waals surface area contributed by atoms with Gasteiger partial charge in [-0.05, 0) is 68.2 Å². The molecule has 4 rings (SSSR count). The normalized spacial score (nSPS) is 13.8. The molecule has 0 N–H and O–H groups in total. The Morgan fingerprint density at radius 2 is 1.72 bits per heavy atom. The Kier molecular flexibility index (Phi) is 5.08. The molecule has 0 saturated carbocycles. The average Bonchev–Trinajstić information content (AvgIpc) is 2.98. The van der Waals surface area contributed by atoms with Crippen LogP contribution in [-0.2, 0) is 6.54 Å². The van der Waals surface area contributed by atoms with Crippen molar-refractivity contribution in [2.24, 2.45) is 4.99 Å². The lowest BCUT2D eigenvalue weighted by atomic mass is 10.00. The van der Waals surface area contributed by atoms with Gasteiger partial charge < -0.3 is 9.47 Å². The highest BCUT2D eigenvalue weighted by Gasteiger charge is 2.22. The van der Waals surface area contributed by atoms with Crippen LogP contribution in [0.2, 0.25) is 0 Å². The number of benzene rings is 2. The standard InChI is InChI=1S/C22H26N4O2S/c1-15-24-25-21-13-23-22(19-12-18(27-2)10-11-20(19)26(15)21)16-6-8-17(9-7-16)28-14-29(3,4)5/h6-12H,13-14H2,1-5H3. The van der Waals surface area contributed by atoms with Gasteiger partial charge in [0, 0.05) is 11.1 Å². The van der Waals surface area contributed by atoms with Crippen LogP contribution in [0, 0.1) is 6.92 Å². The minimum Gasteiger partial charge on any atom is -0.497 e. The Balaban J connectivity index is 1.74. The van der Waals surface area contributed by atoms with Gasteiger partial charge >= 0.3 is 0 Å². The zero-order chi connectivity index (χ0) is 20.6. The Bertz CT molecular complexity index is 1070. The van der Waals surface area contributed by atoms with E-state index in [1.807, 2.05) is 37.3 Å². The van der Waals surface area contributed by atoms with Gasteiger partial charge in [-0.1, -0.05) is 0 Å². The Morgan fingerprint density at radius 3 is 2.41 bits per heavy atom. The third kappa shape index (κ3) is 4.00. The summed E-state index contributed by atoms with van der Waals surface area (Å²) in [6.07, 6.45) is 6.73. The van der Waals surface area contributed by atoms with Gasteiger partial charge in [0.15, 0.2) is 5.82 Å². The summed E-state index contributed by atoms with van der Waals surface area (Å²) < 4.78 is 13.5. The molecule has 0 radical (unpaired) electrons. The largest absolute Gasteiger partial charge is 0.497 e. The zero-order valence-corrected chi connectivity index (χ0v) is 18.3. The van der Waals surface area contributed by atoms with Crippen LogP contribution in [0.4, 0.5) is 0 Å². The molecule has 6 nitrogen and oxygen atoms in total. The predicted molar refractivity (Wildman–Crippen MR) is 119 cm³/mol. The Labute approximate surface area is 172 Å². The molecule has 1 aliphatic heterocycles. The van der Waals surface area contributed by atoms with Crippen LogP contribution in [0.25, 0.3) is 5.69 Å². The molecule has 2 heterocycles. The number of aromatic nitrogens is 3. The number of aryl methyl sites for hydroxylation is 1. The van der Waals surface area contributed by atoms with Crippen molar-refractivity contribution in [3.63, 3.8) is 0 Å². The molecule has 29 heavy (non-hydrogen) atoms. The number of fused-ring (bicyclic) bond motifs is 3. The molecular formula is C22H26N4O2S. The van der Waals surface area contributed by atoms with Crippen molar-refractivity contribution in [3.05, 3.63) is 65.2 Å². The fourth-order valence-electron chi connectivity index (χ4n) is 3.28. The summed E-state index contributed by atoms with van der Waals surface area (Å²) in [5.41, 5.74) is 3.96. The second-order valence-electron chi connectivity index (χ2n) is 7.92. The minimum absolute atomic E-state index is 0.471. The molecule has 152 valence electrons. The third-order valence-corrected chi connectivity index (χ3v) is 5.50. The lowest BCUT2D eigenvalue weighted by Crippen LogP contribution is -2.09. The molecule has 0 amide bonds. The van der Waals surface area contributed by atoms with Crippen LogP contribution >= 0.6 is 10.0 Å². The van der Waals surface area contributed by atoms with Crippen molar-refractivity contribution >= 4 is 15.7 Å². The van der Waals surface area contributed by atoms with Crippen LogP contribution in [0.15, 0.2) is 47.5 Å². The highest BCUT2D eigenvalue weighted by molar-refractivity contribution is 8.32. The van der Waals surface area contributed by atoms with E-state index in [2.05, 4.69) is 45.7 Å². The van der Waals surface area contributed by atoms with E-state index in [0.29, 0.717) is 6.54 Å². The fraction of sp³-hybridized carbons (Fsp3) is 0.318. The quantitative estimate of drug-likeness (QED) is 0.639. The SMILES string of the molecule is COc1ccc2c(c1)C(c1ccc(OCS(C)(C)C)cc1)=NCc1nnc(C)n1-2. The molecule has 1 aromatic heterocycles. The summed E-state index contributed by atoms with van der Waals surface area (Å²) >= 11 is 0. The van der Waals surface area contributed by atoms with Crippen molar-refractivity contribution in [1.82, 2.24) is 14.8 Å². The molecule has 7 heteroatoms. The number of ether oxygens (including phenoxy) is 2. The van der Waals surface area contributed by atoms with Crippen molar-refractivity contribution in [2.45, 2.75) is 13.5 Å². The highest BCUT2D eigenvalue weighted by Crippen LogP contribution is 2.35. The molecule has 0 spiro atoms. The summed E-state index contributed by atoms with van der Waals surface area (Å²) in [5, 5.41) is 8.53. The van der Waals surface area contributed by atoms with Crippen LogP contribution in [0.3, 0.4) is 0 Å². The van der Waals surface area contributed by atoms with E-state index in [1.165, 1.54) is 0 Å². The maximum Gasteiger partial charge on any atom is 0.159 e. The molecule has 2 aromatic carbocycles. The molecule has 0 aliphatic carbocycles. The summed E-state index contributed by atoms with van der Waals surface area (Å²) in [5.74, 6) is 4.09. The second kappa shape index (κ2) is 7.55. The van der Waals surface area contributed by atoms with E-state index in [9.17, 15) is 0 Å². The molecule has 1 aliphatic rings. The second-order valence-corrected chi connectivity index (χ2v) is 12.3. The Hall–Kier alpha value is -2.80. The maximum absolute atomic E-state index is 5.95. The predicted octanol–water partition coefficient (Wildman–Crippen LogP) is 3.97. The van der Waals surface area contributed by atoms with Gasteiger partial charge in [0.2, 0.25) is 0 Å². The number of nitrogens with zero attached hydrogens (tertiary/aromatic N) is 4. The Morgan fingerprint density at radius 1 is 1.00 bits per heavy atom. The first-order valence-electron chi connectivity index (χ1n) is 9.39. The average molecular weight is 411 g/mol. The van der Waals surface area contributed by atoms with E-state index in [1.54, 1.807) is 7.11 Å². The van der Waals surface area contributed by atoms with Crippen molar-refractivity contribution in [3.8, 4) is 17.2 Å². The van der Waals surface area contributed by atoms with Crippen molar-refractivity contribution in [2.75, 3.05) is 31.8 Å². The first kappa shape index (κ1) is 19.5. The molecule has 0 saturated heterocycles. The molecule has 0 fully saturated rings. The van der Waals surface area contributed by atoms with Crippen LogP contribution < -0.4 is 9.47 Å². The number of aliphatic imine (C=N–C) groups is 1. The lowest BCUT2D eigenvalue weighted by molar-refractivity contribution is 0.390. The van der Waals surface area contributed by atoms with Gasteiger partial charge in [-0.3, -0.25) is 9.56 Å². The van der Waals surface area contributed by atoms with E-state index in [-0.39, 0.29) is 0 Å².